The Morgan fingerprint density at radius 1 is 1.08 bits per heavy atom. The van der Waals surface area contributed by atoms with Crippen LogP contribution in [0.15, 0.2) is 30.3 Å². The van der Waals surface area contributed by atoms with Crippen LogP contribution in [-0.2, 0) is 12.8 Å². The smallest absolute Gasteiger partial charge is 0.161 e. The molecule has 1 heterocycles. The van der Waals surface area contributed by atoms with Gasteiger partial charge in [0.15, 0.2) is 11.5 Å². The summed E-state index contributed by atoms with van der Waals surface area (Å²) in [4.78, 5) is 0. The predicted octanol–water partition coefficient (Wildman–Crippen LogP) is 4.83. The van der Waals surface area contributed by atoms with Crippen LogP contribution in [0.2, 0.25) is 10.0 Å². The minimum Gasteiger partial charge on any atom is -0.493 e. The van der Waals surface area contributed by atoms with Gasteiger partial charge in [-0.2, -0.15) is 0 Å². The van der Waals surface area contributed by atoms with Gasteiger partial charge in [-0.1, -0.05) is 29.3 Å². The van der Waals surface area contributed by atoms with Gasteiger partial charge >= 0.3 is 0 Å². The molecule has 1 aliphatic heterocycles. The molecule has 0 spiro atoms. The first kappa shape index (κ1) is 17.4. The van der Waals surface area contributed by atoms with Crippen molar-refractivity contribution in [2.75, 3.05) is 20.8 Å². The van der Waals surface area contributed by atoms with Crippen molar-refractivity contribution in [1.29, 1.82) is 0 Å². The van der Waals surface area contributed by atoms with Gasteiger partial charge in [0, 0.05) is 16.1 Å². The molecule has 1 N–H and O–H groups in total. The Hall–Kier alpha value is -1.42. The largest absolute Gasteiger partial charge is 0.493 e. The molecule has 2 aromatic rings. The summed E-state index contributed by atoms with van der Waals surface area (Å²) in [7, 11) is 3.34. The van der Waals surface area contributed by atoms with Gasteiger partial charge in [-0.15, -0.1) is 0 Å². The number of hydrogen-bond donors (Lipinski definition) is 1. The summed E-state index contributed by atoms with van der Waals surface area (Å²) in [6.45, 7) is 0.960. The summed E-state index contributed by atoms with van der Waals surface area (Å²) in [6.07, 6.45) is 2.85. The van der Waals surface area contributed by atoms with E-state index in [2.05, 4.69) is 17.4 Å². The lowest BCUT2D eigenvalue weighted by molar-refractivity contribution is 0.351. The molecule has 1 atom stereocenters. The molecule has 24 heavy (non-hydrogen) atoms. The maximum Gasteiger partial charge on any atom is 0.161 e. The number of nitrogens with one attached hydrogen (secondary N) is 1. The van der Waals surface area contributed by atoms with Crippen molar-refractivity contribution in [3.8, 4) is 11.5 Å². The van der Waals surface area contributed by atoms with E-state index in [1.807, 2.05) is 12.1 Å². The first-order valence-corrected chi connectivity index (χ1v) is 8.80. The molecule has 0 aliphatic carbocycles. The second-order valence-corrected chi connectivity index (χ2v) is 6.78. The van der Waals surface area contributed by atoms with Gasteiger partial charge in [0.1, 0.15) is 0 Å². The van der Waals surface area contributed by atoms with E-state index < -0.39 is 0 Å². The van der Waals surface area contributed by atoms with Crippen molar-refractivity contribution in [3.63, 3.8) is 0 Å². The molecule has 0 unspecified atom stereocenters. The van der Waals surface area contributed by atoms with Crippen molar-refractivity contribution in [3.05, 3.63) is 57.1 Å². The molecular weight excluding hydrogens is 345 g/mol. The highest BCUT2D eigenvalue weighted by atomic mass is 35.5. The molecule has 3 rings (SSSR count). The molecule has 0 amide bonds. The van der Waals surface area contributed by atoms with E-state index in [1.165, 1.54) is 11.1 Å². The standard InChI is InChI=1S/C19H21Cl2NO2/c1-23-18-9-13-7-8-22-17(15(13)11-19(18)24-2)6-4-12-3-5-14(20)10-16(12)21/h3,5,9-11,17,22H,4,6-8H2,1-2H3/t17-/m0/s1. The topological polar surface area (TPSA) is 30.5 Å². The lowest BCUT2D eigenvalue weighted by atomic mass is 9.90. The number of aryl methyl sites for hydroxylation is 1. The Balaban J connectivity index is 1.81. The van der Waals surface area contributed by atoms with Crippen LogP contribution in [0.4, 0.5) is 0 Å². The molecule has 2 aromatic carbocycles. The quantitative estimate of drug-likeness (QED) is 0.822. The number of fused-ring (bicyclic) bond motifs is 1. The van der Waals surface area contributed by atoms with Crippen LogP contribution in [0, 0.1) is 0 Å². The lowest BCUT2D eigenvalue weighted by Gasteiger charge is -2.28. The van der Waals surface area contributed by atoms with Crippen molar-refractivity contribution in [2.24, 2.45) is 0 Å². The summed E-state index contributed by atoms with van der Waals surface area (Å²) >= 11 is 12.3. The summed E-state index contributed by atoms with van der Waals surface area (Å²) in [5.74, 6) is 1.56. The van der Waals surface area contributed by atoms with E-state index in [9.17, 15) is 0 Å². The number of rotatable bonds is 5. The van der Waals surface area contributed by atoms with E-state index in [1.54, 1.807) is 20.3 Å². The highest BCUT2D eigenvalue weighted by Crippen LogP contribution is 2.36. The van der Waals surface area contributed by atoms with Crippen LogP contribution in [0.3, 0.4) is 0 Å². The maximum absolute atomic E-state index is 6.29. The monoisotopic (exact) mass is 365 g/mol. The Kier molecular flexibility index (Phi) is 5.54. The van der Waals surface area contributed by atoms with Crippen LogP contribution in [0.1, 0.15) is 29.2 Å². The number of benzene rings is 2. The second-order valence-electron chi connectivity index (χ2n) is 5.94. The molecule has 1 aliphatic rings. The van der Waals surface area contributed by atoms with E-state index in [0.717, 1.165) is 47.9 Å². The number of ether oxygens (including phenoxy) is 2. The summed E-state index contributed by atoms with van der Waals surface area (Å²) in [6, 6.07) is 10.2. The lowest BCUT2D eigenvalue weighted by Crippen LogP contribution is -2.30. The van der Waals surface area contributed by atoms with E-state index in [-0.39, 0.29) is 6.04 Å². The Labute approximate surface area is 152 Å². The highest BCUT2D eigenvalue weighted by Gasteiger charge is 2.22. The zero-order chi connectivity index (χ0) is 17.1. The third kappa shape index (κ3) is 3.64. The molecule has 0 saturated carbocycles. The summed E-state index contributed by atoms with van der Waals surface area (Å²) < 4.78 is 10.9. The van der Waals surface area contributed by atoms with Gasteiger partial charge in [-0.25, -0.2) is 0 Å². The minimum atomic E-state index is 0.278. The molecule has 5 heteroatoms. The molecule has 0 aromatic heterocycles. The first-order valence-electron chi connectivity index (χ1n) is 8.04. The molecule has 128 valence electrons. The van der Waals surface area contributed by atoms with Crippen molar-refractivity contribution >= 4 is 23.2 Å². The zero-order valence-corrected chi connectivity index (χ0v) is 15.4. The Morgan fingerprint density at radius 3 is 2.54 bits per heavy atom. The molecule has 0 radical (unpaired) electrons. The van der Waals surface area contributed by atoms with E-state index >= 15 is 0 Å². The minimum absolute atomic E-state index is 0.278. The molecule has 0 fully saturated rings. The van der Waals surface area contributed by atoms with Crippen molar-refractivity contribution < 1.29 is 9.47 Å². The maximum atomic E-state index is 6.29. The van der Waals surface area contributed by atoms with Crippen LogP contribution in [0.5, 0.6) is 11.5 Å². The highest BCUT2D eigenvalue weighted by molar-refractivity contribution is 6.35. The number of hydrogen-bond acceptors (Lipinski definition) is 3. The number of halogens is 2. The van der Waals surface area contributed by atoms with E-state index in [4.69, 9.17) is 32.7 Å². The van der Waals surface area contributed by atoms with Gasteiger partial charge < -0.3 is 14.8 Å². The fourth-order valence-corrected chi connectivity index (χ4v) is 3.75. The number of methoxy groups -OCH3 is 2. The summed E-state index contributed by atoms with van der Waals surface area (Å²) in [5.41, 5.74) is 3.72. The average molecular weight is 366 g/mol. The van der Waals surface area contributed by atoms with Crippen LogP contribution >= 0.6 is 23.2 Å². The van der Waals surface area contributed by atoms with Gasteiger partial charge in [-0.05, 0) is 66.8 Å². The molecular formula is C19H21Cl2NO2. The van der Waals surface area contributed by atoms with Gasteiger partial charge in [0.25, 0.3) is 0 Å². The molecule has 0 bridgehead atoms. The van der Waals surface area contributed by atoms with Crippen molar-refractivity contribution in [2.45, 2.75) is 25.3 Å². The zero-order valence-electron chi connectivity index (χ0n) is 13.9. The van der Waals surface area contributed by atoms with Crippen molar-refractivity contribution in [1.82, 2.24) is 5.32 Å². The first-order chi connectivity index (χ1) is 11.6. The SMILES string of the molecule is COc1cc2c(cc1OC)[C@H](CCc1ccc(Cl)cc1Cl)NCC2. The van der Waals surface area contributed by atoms with Gasteiger partial charge in [-0.3, -0.25) is 0 Å². The van der Waals surface area contributed by atoms with Gasteiger partial charge in [0.05, 0.1) is 14.2 Å². The van der Waals surface area contributed by atoms with E-state index in [0.29, 0.717) is 5.02 Å². The van der Waals surface area contributed by atoms with Crippen LogP contribution in [0.25, 0.3) is 0 Å². The predicted molar refractivity (Wildman–Crippen MR) is 98.8 cm³/mol. The second kappa shape index (κ2) is 7.64. The average Bonchev–Trinajstić information content (AvgIpc) is 2.59. The Bertz CT molecular complexity index is 734. The third-order valence-corrected chi connectivity index (χ3v) is 5.11. The Morgan fingerprint density at radius 2 is 1.83 bits per heavy atom. The molecule has 0 saturated heterocycles. The fraction of sp³-hybridized carbons (Fsp3) is 0.368. The third-order valence-electron chi connectivity index (χ3n) is 4.52. The van der Waals surface area contributed by atoms with Crippen LogP contribution in [-0.4, -0.2) is 20.8 Å². The fourth-order valence-electron chi connectivity index (χ4n) is 3.25. The molecule has 3 nitrogen and oxygen atoms in total. The van der Waals surface area contributed by atoms with Crippen LogP contribution < -0.4 is 14.8 Å². The summed E-state index contributed by atoms with van der Waals surface area (Å²) in [5, 5.41) is 5.00. The normalized spacial score (nSPS) is 16.6. The van der Waals surface area contributed by atoms with Gasteiger partial charge in [0.2, 0.25) is 0 Å².